The molecular weight excluding hydrogens is 350 g/mol. The minimum atomic E-state index is -2.69. The van der Waals surface area contributed by atoms with Crippen LogP contribution in [0.5, 0.6) is 0 Å². The van der Waals surface area contributed by atoms with Gasteiger partial charge >= 0.3 is 13.1 Å². The quantitative estimate of drug-likeness (QED) is 0.493. The second-order valence-electron chi connectivity index (χ2n) is 5.96. The number of fused-ring (bicyclic) bond motifs is 1. The molecule has 0 aromatic carbocycles. The number of nitrogens with one attached hydrogen (secondary N) is 1. The van der Waals surface area contributed by atoms with Crippen LogP contribution in [0.15, 0.2) is 12.2 Å². The van der Waals surface area contributed by atoms with Gasteiger partial charge in [0.2, 0.25) is 5.91 Å². The first-order valence-corrected chi connectivity index (χ1v) is 8.30. The zero-order chi connectivity index (χ0) is 18.1. The van der Waals surface area contributed by atoms with Gasteiger partial charge in [-0.2, -0.15) is 8.78 Å². The molecule has 1 aliphatic carbocycles. The van der Waals surface area contributed by atoms with Crippen LogP contribution in [0, 0.1) is 11.8 Å². The number of hydrogen-bond donors (Lipinski definition) is 3. The van der Waals surface area contributed by atoms with E-state index in [1.807, 2.05) is 0 Å². The van der Waals surface area contributed by atoms with E-state index in [1.54, 1.807) is 0 Å². The summed E-state index contributed by atoms with van der Waals surface area (Å²) in [5, 5.41) is 21.6. The maximum atomic E-state index is 14.4. The lowest BCUT2D eigenvalue weighted by Gasteiger charge is -2.44. The monoisotopic (exact) mass is 367 g/mol. The third-order valence-corrected chi connectivity index (χ3v) is 4.83. The van der Waals surface area contributed by atoms with Crippen LogP contribution in [-0.4, -0.2) is 58.3 Å². The molecule has 6 nitrogen and oxygen atoms in total. The van der Waals surface area contributed by atoms with Crippen molar-refractivity contribution in [1.82, 2.24) is 5.32 Å². The largest absolute Gasteiger partial charge is 0.481 e. The number of carbonyl (C=O) groups is 2. The molecule has 0 spiro atoms. The second-order valence-corrected chi connectivity index (χ2v) is 6.94. The first-order valence-electron chi connectivity index (χ1n) is 7.25. The number of aliphatic carboxylic acids is 1. The highest BCUT2D eigenvalue weighted by Crippen LogP contribution is 2.41. The maximum absolute atomic E-state index is 14.4. The SMILES string of the molecule is CC1(F)C=CC2C[C@H](NC(=O)CSC(F)F)B(O)OC2C1C(=O)O. The average molecular weight is 367 g/mol. The number of carboxylic acids is 1. The van der Waals surface area contributed by atoms with Gasteiger partial charge in [0.15, 0.2) is 0 Å². The fourth-order valence-corrected chi connectivity index (χ4v) is 3.41. The predicted molar refractivity (Wildman–Crippen MR) is 81.1 cm³/mol. The Balaban J connectivity index is 2.05. The van der Waals surface area contributed by atoms with Crippen LogP contribution in [0.4, 0.5) is 13.2 Å². The van der Waals surface area contributed by atoms with Crippen molar-refractivity contribution in [1.29, 1.82) is 0 Å². The summed E-state index contributed by atoms with van der Waals surface area (Å²) in [6, 6.07) is 0. The van der Waals surface area contributed by atoms with Crippen LogP contribution in [0.3, 0.4) is 0 Å². The van der Waals surface area contributed by atoms with Crippen molar-refractivity contribution in [2.75, 3.05) is 5.75 Å². The zero-order valence-electron chi connectivity index (χ0n) is 12.7. The summed E-state index contributed by atoms with van der Waals surface area (Å²) in [6.07, 6.45) is 1.64. The smallest absolute Gasteiger partial charge is 0.478 e. The van der Waals surface area contributed by atoms with Crippen molar-refractivity contribution in [3.05, 3.63) is 12.2 Å². The van der Waals surface area contributed by atoms with Gasteiger partial charge in [0.05, 0.1) is 17.8 Å². The summed E-state index contributed by atoms with van der Waals surface area (Å²) in [7, 11) is -1.55. The van der Waals surface area contributed by atoms with Crippen LogP contribution in [-0.2, 0) is 14.2 Å². The van der Waals surface area contributed by atoms with E-state index in [1.165, 1.54) is 6.08 Å². The van der Waals surface area contributed by atoms with Gasteiger partial charge in [-0.15, -0.1) is 0 Å². The third-order valence-electron chi connectivity index (χ3n) is 4.15. The van der Waals surface area contributed by atoms with Gasteiger partial charge in [0, 0.05) is 5.92 Å². The molecule has 24 heavy (non-hydrogen) atoms. The van der Waals surface area contributed by atoms with Gasteiger partial charge in [-0.1, -0.05) is 23.9 Å². The Kier molecular flexibility index (Phi) is 5.87. The third kappa shape index (κ3) is 4.25. The molecule has 1 fully saturated rings. The van der Waals surface area contributed by atoms with Crippen molar-refractivity contribution >= 4 is 30.8 Å². The summed E-state index contributed by atoms with van der Waals surface area (Å²) in [6.45, 7) is 1.11. The van der Waals surface area contributed by atoms with E-state index in [9.17, 15) is 32.9 Å². The number of amides is 1. The minimum absolute atomic E-state index is 0.118. The lowest BCUT2D eigenvalue weighted by Crippen LogP contribution is -2.61. The highest BCUT2D eigenvalue weighted by Gasteiger charge is 2.54. The maximum Gasteiger partial charge on any atom is 0.478 e. The molecule has 5 atom stereocenters. The van der Waals surface area contributed by atoms with Gasteiger partial charge < -0.3 is 20.1 Å². The summed E-state index contributed by atoms with van der Waals surface area (Å²) < 4.78 is 43.8. The Morgan fingerprint density at radius 2 is 2.21 bits per heavy atom. The molecule has 1 amide bonds. The van der Waals surface area contributed by atoms with Gasteiger partial charge in [-0.05, 0) is 13.3 Å². The van der Waals surface area contributed by atoms with Crippen LogP contribution in [0.2, 0.25) is 0 Å². The molecule has 11 heteroatoms. The molecule has 1 aliphatic heterocycles. The van der Waals surface area contributed by atoms with E-state index >= 15 is 0 Å². The van der Waals surface area contributed by atoms with Crippen molar-refractivity contribution in [2.45, 2.75) is 36.8 Å². The Morgan fingerprint density at radius 1 is 1.54 bits per heavy atom. The first kappa shape index (κ1) is 19.1. The van der Waals surface area contributed by atoms with E-state index in [-0.39, 0.29) is 18.2 Å². The second kappa shape index (κ2) is 7.36. The minimum Gasteiger partial charge on any atom is -0.481 e. The van der Waals surface area contributed by atoms with Gasteiger partial charge in [0.1, 0.15) is 11.6 Å². The number of thioether (sulfide) groups is 1. The van der Waals surface area contributed by atoms with Crippen LogP contribution in [0.1, 0.15) is 13.3 Å². The van der Waals surface area contributed by atoms with Gasteiger partial charge in [-0.3, -0.25) is 9.59 Å². The van der Waals surface area contributed by atoms with Crippen LogP contribution >= 0.6 is 11.8 Å². The number of allylic oxidation sites excluding steroid dienone is 1. The van der Waals surface area contributed by atoms with Crippen molar-refractivity contribution in [3.63, 3.8) is 0 Å². The highest BCUT2D eigenvalue weighted by atomic mass is 32.2. The predicted octanol–water partition coefficient (Wildman–Crippen LogP) is 0.851. The van der Waals surface area contributed by atoms with Crippen LogP contribution < -0.4 is 5.32 Å². The molecule has 0 saturated carbocycles. The Hall–Kier alpha value is -1.20. The standard InChI is InChI=1S/C13H17BF3NO5S/c1-13(17)3-2-6-4-7(18-8(19)5-24-12(15)16)14(22)23-10(6)9(13)11(20)21/h2-3,6-7,9-10,12,22H,4-5H2,1H3,(H,18,19)(H,20,21)/t6?,7-,9?,10?,13?/m0/s1. The highest BCUT2D eigenvalue weighted by molar-refractivity contribution is 8.00. The van der Waals surface area contributed by atoms with E-state index in [0.717, 1.165) is 13.0 Å². The zero-order valence-corrected chi connectivity index (χ0v) is 13.5. The Morgan fingerprint density at radius 3 is 2.79 bits per heavy atom. The fourth-order valence-electron chi connectivity index (χ4n) is 3.05. The summed E-state index contributed by atoms with van der Waals surface area (Å²) >= 11 is 0.147. The summed E-state index contributed by atoms with van der Waals surface area (Å²) in [5.41, 5.74) is -2.13. The molecular formula is C13H17BF3NO5S. The molecule has 1 heterocycles. The Bertz CT molecular complexity index is 536. The van der Waals surface area contributed by atoms with E-state index < -0.39 is 60.1 Å². The number of hydrogen-bond acceptors (Lipinski definition) is 5. The summed E-state index contributed by atoms with van der Waals surface area (Å²) in [5.74, 6) is -8.16. The lowest BCUT2D eigenvalue weighted by molar-refractivity contribution is -0.154. The topological polar surface area (TPSA) is 95.9 Å². The average Bonchev–Trinajstić information content (AvgIpc) is 2.45. The normalized spacial score (nSPS) is 35.7. The number of rotatable bonds is 5. The van der Waals surface area contributed by atoms with Gasteiger partial charge in [0.25, 0.3) is 5.76 Å². The number of alkyl halides is 3. The number of halogens is 3. The van der Waals surface area contributed by atoms with Crippen LogP contribution in [0.25, 0.3) is 0 Å². The molecule has 0 radical (unpaired) electrons. The number of carboxylic acid groups (broad SMARTS) is 1. The van der Waals surface area contributed by atoms with E-state index in [4.69, 9.17) is 4.65 Å². The molecule has 0 bridgehead atoms. The van der Waals surface area contributed by atoms with E-state index in [2.05, 4.69) is 5.32 Å². The van der Waals surface area contributed by atoms with Gasteiger partial charge in [-0.25, -0.2) is 4.39 Å². The molecule has 1 saturated heterocycles. The van der Waals surface area contributed by atoms with Crippen molar-refractivity contribution in [3.8, 4) is 0 Å². The molecule has 2 rings (SSSR count). The first-order chi connectivity index (χ1) is 11.1. The fraction of sp³-hybridized carbons (Fsp3) is 0.692. The molecule has 3 N–H and O–H groups in total. The molecule has 4 unspecified atom stereocenters. The Labute approximate surface area is 141 Å². The molecule has 134 valence electrons. The van der Waals surface area contributed by atoms with Crippen molar-refractivity contribution < 1.29 is 37.5 Å². The van der Waals surface area contributed by atoms with E-state index in [0.29, 0.717) is 0 Å². The molecule has 0 aromatic rings. The van der Waals surface area contributed by atoms with Crippen molar-refractivity contribution in [2.24, 2.45) is 11.8 Å². The number of carbonyl (C=O) groups excluding carboxylic acids is 1. The molecule has 0 aromatic heterocycles. The lowest BCUT2D eigenvalue weighted by atomic mass is 9.63. The summed E-state index contributed by atoms with van der Waals surface area (Å²) in [4.78, 5) is 23.0. The molecule has 2 aliphatic rings.